The maximum absolute atomic E-state index is 7.22. The van der Waals surface area contributed by atoms with E-state index in [1.54, 1.807) is 0 Å². The van der Waals surface area contributed by atoms with Crippen LogP contribution >= 0.6 is 0 Å². The zero-order chi connectivity index (χ0) is 16.3. The quantitative estimate of drug-likeness (QED) is 0.620. The highest BCUT2D eigenvalue weighted by molar-refractivity contribution is 5.55. The molecular formula is C20H30N2. The van der Waals surface area contributed by atoms with Crippen molar-refractivity contribution in [3.63, 3.8) is 0 Å². The fourth-order valence-corrected chi connectivity index (χ4v) is 3.45. The van der Waals surface area contributed by atoms with E-state index in [0.29, 0.717) is 5.92 Å². The van der Waals surface area contributed by atoms with Gasteiger partial charge >= 0.3 is 0 Å². The van der Waals surface area contributed by atoms with Crippen molar-refractivity contribution >= 4 is 6.21 Å². The summed E-state index contributed by atoms with van der Waals surface area (Å²) in [6.07, 6.45) is 3.92. The maximum atomic E-state index is 7.22. The van der Waals surface area contributed by atoms with Gasteiger partial charge in [-0.3, -0.25) is 4.90 Å². The molecule has 0 aromatic heterocycles. The van der Waals surface area contributed by atoms with Crippen LogP contribution < -0.4 is 0 Å². The van der Waals surface area contributed by atoms with Crippen molar-refractivity contribution < 1.29 is 0 Å². The summed E-state index contributed by atoms with van der Waals surface area (Å²) in [5, 5.41) is 7.22. The van der Waals surface area contributed by atoms with Crippen LogP contribution in [0.4, 0.5) is 0 Å². The minimum Gasteiger partial charge on any atom is -0.312 e. The summed E-state index contributed by atoms with van der Waals surface area (Å²) in [7, 11) is 0. The Hall–Kier alpha value is -1.41. The van der Waals surface area contributed by atoms with Gasteiger partial charge in [0.2, 0.25) is 0 Å². The number of likely N-dealkylation sites (tertiary alicyclic amines) is 1. The number of rotatable bonds is 5. The molecule has 1 N–H and O–H groups in total. The summed E-state index contributed by atoms with van der Waals surface area (Å²) in [4.78, 5) is 2.37. The van der Waals surface area contributed by atoms with Crippen molar-refractivity contribution in [2.45, 2.75) is 51.9 Å². The van der Waals surface area contributed by atoms with Gasteiger partial charge in [-0.15, -0.1) is 0 Å². The summed E-state index contributed by atoms with van der Waals surface area (Å²) in [5.41, 5.74) is 5.50. The first kappa shape index (κ1) is 17.0. The number of aryl methyl sites for hydroxylation is 1. The molecule has 0 amide bonds. The predicted molar refractivity (Wildman–Crippen MR) is 96.2 cm³/mol. The van der Waals surface area contributed by atoms with Crippen molar-refractivity contribution in [1.29, 1.82) is 5.41 Å². The van der Waals surface area contributed by atoms with Crippen molar-refractivity contribution in [3.8, 4) is 0 Å². The van der Waals surface area contributed by atoms with E-state index in [1.165, 1.54) is 41.3 Å². The molecule has 0 saturated carbocycles. The Morgan fingerprint density at radius 2 is 2.00 bits per heavy atom. The van der Waals surface area contributed by atoms with E-state index in [2.05, 4.69) is 57.4 Å². The molecule has 2 rings (SSSR count). The lowest BCUT2D eigenvalue weighted by atomic mass is 9.76. The fraction of sp³-hybridized carbons (Fsp3) is 0.550. The largest absolute Gasteiger partial charge is 0.312 e. The lowest BCUT2D eigenvalue weighted by Crippen LogP contribution is -2.34. The molecule has 0 atom stereocenters. The van der Waals surface area contributed by atoms with Gasteiger partial charge in [-0.05, 0) is 62.4 Å². The van der Waals surface area contributed by atoms with Crippen LogP contribution in [-0.4, -0.2) is 30.7 Å². The highest BCUT2D eigenvalue weighted by atomic mass is 15.1. The SMILES string of the molecule is C=C(C)C(C)(C)c1ccc(C2CCN(CC=N)CC2)cc1C. The van der Waals surface area contributed by atoms with E-state index in [-0.39, 0.29) is 5.41 Å². The van der Waals surface area contributed by atoms with Crippen molar-refractivity contribution in [2.24, 2.45) is 0 Å². The van der Waals surface area contributed by atoms with Crippen molar-refractivity contribution in [2.75, 3.05) is 19.6 Å². The number of allylic oxidation sites excluding steroid dienone is 1. The lowest BCUT2D eigenvalue weighted by Gasteiger charge is -2.32. The van der Waals surface area contributed by atoms with E-state index in [0.717, 1.165) is 19.6 Å². The van der Waals surface area contributed by atoms with Gasteiger partial charge in [-0.2, -0.15) is 0 Å². The highest BCUT2D eigenvalue weighted by Crippen LogP contribution is 2.35. The second-order valence-electron chi connectivity index (χ2n) is 7.26. The Labute approximate surface area is 135 Å². The molecular weight excluding hydrogens is 268 g/mol. The smallest absolute Gasteiger partial charge is 0.0330 e. The third kappa shape index (κ3) is 3.49. The number of nitrogens with zero attached hydrogens (tertiary/aromatic N) is 1. The van der Waals surface area contributed by atoms with Gasteiger partial charge in [0.1, 0.15) is 0 Å². The van der Waals surface area contributed by atoms with Crippen LogP contribution in [0.3, 0.4) is 0 Å². The van der Waals surface area contributed by atoms with Crippen molar-refractivity contribution in [3.05, 3.63) is 47.0 Å². The normalized spacial score (nSPS) is 17.5. The average Bonchev–Trinajstić information content (AvgIpc) is 2.47. The number of benzene rings is 1. The molecule has 1 aromatic carbocycles. The Bertz CT molecular complexity index is 549. The number of hydrogen-bond acceptors (Lipinski definition) is 2. The molecule has 1 aromatic rings. The Balaban J connectivity index is 2.14. The number of hydrogen-bond donors (Lipinski definition) is 1. The van der Waals surface area contributed by atoms with Crippen molar-refractivity contribution in [1.82, 2.24) is 4.90 Å². The van der Waals surface area contributed by atoms with Crippen LogP contribution in [0, 0.1) is 12.3 Å². The second kappa shape index (κ2) is 6.78. The molecule has 1 saturated heterocycles. The average molecular weight is 298 g/mol. The van der Waals surface area contributed by atoms with Crippen LogP contribution in [-0.2, 0) is 5.41 Å². The van der Waals surface area contributed by atoms with Crippen LogP contribution in [0.2, 0.25) is 0 Å². The Morgan fingerprint density at radius 3 is 2.50 bits per heavy atom. The molecule has 22 heavy (non-hydrogen) atoms. The van der Waals surface area contributed by atoms with E-state index in [4.69, 9.17) is 5.41 Å². The topological polar surface area (TPSA) is 27.1 Å². The lowest BCUT2D eigenvalue weighted by molar-refractivity contribution is 0.240. The number of nitrogens with one attached hydrogen (secondary N) is 1. The number of piperidine rings is 1. The zero-order valence-electron chi connectivity index (χ0n) is 14.6. The fourth-order valence-electron chi connectivity index (χ4n) is 3.45. The van der Waals surface area contributed by atoms with Crippen LogP contribution in [0.5, 0.6) is 0 Å². The zero-order valence-corrected chi connectivity index (χ0v) is 14.6. The van der Waals surface area contributed by atoms with Gasteiger partial charge in [-0.25, -0.2) is 0 Å². The van der Waals surface area contributed by atoms with Crippen LogP contribution in [0.25, 0.3) is 0 Å². The summed E-state index contributed by atoms with van der Waals surface area (Å²) >= 11 is 0. The first-order valence-electron chi connectivity index (χ1n) is 8.34. The molecule has 0 bridgehead atoms. The summed E-state index contributed by atoms with van der Waals surface area (Å²) in [5.74, 6) is 0.669. The molecule has 0 spiro atoms. The van der Waals surface area contributed by atoms with Gasteiger partial charge in [0.05, 0.1) is 0 Å². The molecule has 0 aliphatic carbocycles. The molecule has 2 nitrogen and oxygen atoms in total. The Morgan fingerprint density at radius 1 is 1.36 bits per heavy atom. The molecule has 2 heteroatoms. The molecule has 1 aliphatic heterocycles. The monoisotopic (exact) mass is 298 g/mol. The van der Waals surface area contributed by atoms with Gasteiger partial charge in [0, 0.05) is 18.2 Å². The van der Waals surface area contributed by atoms with Gasteiger partial charge in [0.15, 0.2) is 0 Å². The van der Waals surface area contributed by atoms with E-state index in [1.807, 2.05) is 0 Å². The van der Waals surface area contributed by atoms with Gasteiger partial charge in [-0.1, -0.05) is 44.2 Å². The highest BCUT2D eigenvalue weighted by Gasteiger charge is 2.25. The summed E-state index contributed by atoms with van der Waals surface area (Å²) < 4.78 is 0. The van der Waals surface area contributed by atoms with Crippen LogP contribution in [0.1, 0.15) is 56.2 Å². The first-order chi connectivity index (χ1) is 10.4. The van der Waals surface area contributed by atoms with E-state index < -0.39 is 0 Å². The minimum atomic E-state index is 0.0376. The van der Waals surface area contributed by atoms with E-state index in [9.17, 15) is 0 Å². The molecule has 0 radical (unpaired) electrons. The standard InChI is InChI=1S/C20H30N2/c1-15(2)20(4,5)19-7-6-18(14-16(19)3)17-8-11-22(12-9-17)13-10-21/h6-7,10,14,17,21H,1,8-9,11-13H2,2-5H3. The summed E-state index contributed by atoms with van der Waals surface area (Å²) in [6.45, 7) is 16.0. The first-order valence-corrected chi connectivity index (χ1v) is 8.34. The molecule has 0 unspecified atom stereocenters. The summed E-state index contributed by atoms with van der Waals surface area (Å²) in [6, 6.07) is 7.02. The molecule has 1 heterocycles. The Kier molecular flexibility index (Phi) is 5.23. The molecule has 1 fully saturated rings. The third-order valence-electron chi connectivity index (χ3n) is 5.40. The maximum Gasteiger partial charge on any atom is 0.0330 e. The molecule has 1 aliphatic rings. The predicted octanol–water partition coefficient (Wildman–Crippen LogP) is 4.68. The second-order valence-corrected chi connectivity index (χ2v) is 7.26. The van der Waals surface area contributed by atoms with Gasteiger partial charge in [0.25, 0.3) is 0 Å². The van der Waals surface area contributed by atoms with E-state index >= 15 is 0 Å². The third-order valence-corrected chi connectivity index (χ3v) is 5.40. The van der Waals surface area contributed by atoms with Gasteiger partial charge < -0.3 is 5.41 Å². The molecule has 120 valence electrons. The van der Waals surface area contributed by atoms with Crippen LogP contribution in [0.15, 0.2) is 30.4 Å². The minimum absolute atomic E-state index is 0.0376.